The maximum Gasteiger partial charge on any atom is 0.290 e. The number of carbonyl (C=O) groups excluding carboxylic acids is 1. The molecule has 1 atom stereocenters. The Kier molecular flexibility index (Phi) is 5.24. The molecule has 0 bridgehead atoms. The van der Waals surface area contributed by atoms with Crippen molar-refractivity contribution in [2.45, 2.75) is 24.6 Å². The van der Waals surface area contributed by atoms with Gasteiger partial charge >= 0.3 is 0 Å². The summed E-state index contributed by atoms with van der Waals surface area (Å²) < 4.78 is 29.1. The number of thioether (sulfide) groups is 1. The van der Waals surface area contributed by atoms with Crippen LogP contribution in [0.3, 0.4) is 0 Å². The van der Waals surface area contributed by atoms with Gasteiger partial charge in [-0.1, -0.05) is 0 Å². The summed E-state index contributed by atoms with van der Waals surface area (Å²) >= 11 is 1.58. The number of hydrogen-bond acceptors (Lipinski definition) is 6. The van der Waals surface area contributed by atoms with Crippen LogP contribution in [0.2, 0.25) is 0 Å². The van der Waals surface area contributed by atoms with Crippen LogP contribution in [0.15, 0.2) is 16.5 Å². The van der Waals surface area contributed by atoms with Gasteiger partial charge in [0.05, 0.1) is 29.4 Å². The second-order valence-corrected chi connectivity index (χ2v) is 8.77. The normalized spacial score (nSPS) is 23.6. The van der Waals surface area contributed by atoms with Crippen LogP contribution in [0.25, 0.3) is 0 Å². The summed E-state index contributed by atoms with van der Waals surface area (Å²) in [5.74, 6) is 1.16. The molecule has 1 aliphatic rings. The first kappa shape index (κ1) is 17.4. The Balaban J connectivity index is 2.25. The van der Waals surface area contributed by atoms with Gasteiger partial charge in [0.2, 0.25) is 0 Å². The second-order valence-electron chi connectivity index (χ2n) is 5.72. The van der Waals surface area contributed by atoms with E-state index in [-0.39, 0.29) is 36.3 Å². The summed E-state index contributed by atoms with van der Waals surface area (Å²) in [6.45, 7) is 1.61. The number of nitrogens with zero attached hydrogens (tertiary/aromatic N) is 1. The highest BCUT2D eigenvalue weighted by molar-refractivity contribution is 7.97. The van der Waals surface area contributed by atoms with Gasteiger partial charge in [0.15, 0.2) is 15.6 Å². The SMILES string of the molecule is CSCc1ccc(C(=O)N(CCO)C2(C)CCS(=O)(=O)C2)o1. The maximum atomic E-state index is 12.7. The van der Waals surface area contributed by atoms with Crippen molar-refractivity contribution in [1.82, 2.24) is 4.90 Å². The van der Waals surface area contributed by atoms with Crippen molar-refractivity contribution >= 4 is 27.5 Å². The van der Waals surface area contributed by atoms with Crippen LogP contribution in [0, 0.1) is 0 Å². The number of aliphatic hydroxyl groups excluding tert-OH is 1. The van der Waals surface area contributed by atoms with Gasteiger partial charge in [-0.15, -0.1) is 0 Å². The molecule has 0 aliphatic carbocycles. The number of β-amino-alcohol motifs (C(OH)–C–C–N with tert-alkyl or cyclic N) is 1. The number of aliphatic hydroxyl groups is 1. The lowest BCUT2D eigenvalue weighted by molar-refractivity contribution is 0.0470. The molecule has 0 spiro atoms. The van der Waals surface area contributed by atoms with E-state index in [4.69, 9.17) is 4.42 Å². The van der Waals surface area contributed by atoms with E-state index in [1.165, 1.54) is 4.90 Å². The molecule has 1 amide bonds. The Morgan fingerprint density at radius 1 is 1.50 bits per heavy atom. The van der Waals surface area contributed by atoms with Crippen molar-refractivity contribution in [3.8, 4) is 0 Å². The quantitative estimate of drug-likeness (QED) is 0.831. The van der Waals surface area contributed by atoms with Gasteiger partial charge in [0.25, 0.3) is 5.91 Å². The van der Waals surface area contributed by atoms with E-state index in [9.17, 15) is 18.3 Å². The Bertz CT molecular complexity index is 639. The Morgan fingerprint density at radius 3 is 2.77 bits per heavy atom. The lowest BCUT2D eigenvalue weighted by Crippen LogP contribution is -2.51. The lowest BCUT2D eigenvalue weighted by atomic mass is 9.98. The van der Waals surface area contributed by atoms with Crippen molar-refractivity contribution in [2.24, 2.45) is 0 Å². The third-order valence-electron chi connectivity index (χ3n) is 3.86. The highest BCUT2D eigenvalue weighted by Gasteiger charge is 2.45. The van der Waals surface area contributed by atoms with E-state index >= 15 is 0 Å². The van der Waals surface area contributed by atoms with E-state index in [2.05, 4.69) is 0 Å². The third-order valence-corrected chi connectivity index (χ3v) is 6.32. The van der Waals surface area contributed by atoms with Gasteiger partial charge in [-0.2, -0.15) is 11.8 Å². The van der Waals surface area contributed by atoms with E-state index in [1.54, 1.807) is 30.8 Å². The minimum absolute atomic E-state index is 0.0641. The molecule has 1 N–H and O–H groups in total. The van der Waals surface area contributed by atoms with Gasteiger partial charge in [-0.3, -0.25) is 4.79 Å². The first-order valence-corrected chi connectivity index (χ1v) is 10.2. The van der Waals surface area contributed by atoms with Crippen molar-refractivity contribution in [1.29, 1.82) is 0 Å². The molecule has 1 aromatic rings. The second kappa shape index (κ2) is 6.64. The van der Waals surface area contributed by atoms with E-state index in [1.807, 2.05) is 6.26 Å². The molecule has 2 rings (SSSR count). The number of amides is 1. The van der Waals surface area contributed by atoms with Crippen LogP contribution in [-0.2, 0) is 15.6 Å². The fourth-order valence-corrected chi connectivity index (χ4v) is 5.35. The number of sulfone groups is 1. The minimum Gasteiger partial charge on any atom is -0.455 e. The molecule has 8 heteroatoms. The van der Waals surface area contributed by atoms with E-state index < -0.39 is 15.4 Å². The first-order chi connectivity index (χ1) is 10.3. The summed E-state index contributed by atoms with van der Waals surface area (Å²) in [7, 11) is -3.15. The zero-order valence-corrected chi connectivity index (χ0v) is 14.4. The van der Waals surface area contributed by atoms with Crippen molar-refractivity contribution in [3.05, 3.63) is 23.7 Å². The number of hydrogen-bond donors (Lipinski definition) is 1. The molecule has 0 radical (unpaired) electrons. The summed E-state index contributed by atoms with van der Waals surface area (Å²) in [6, 6.07) is 3.35. The fourth-order valence-electron chi connectivity index (χ4n) is 2.77. The van der Waals surface area contributed by atoms with Gasteiger partial charge in [-0.25, -0.2) is 8.42 Å². The fraction of sp³-hybridized carbons (Fsp3) is 0.643. The number of furan rings is 1. The molecular weight excluding hydrogens is 326 g/mol. The number of carbonyl (C=O) groups is 1. The molecule has 22 heavy (non-hydrogen) atoms. The van der Waals surface area contributed by atoms with Gasteiger partial charge in [0.1, 0.15) is 5.76 Å². The summed E-state index contributed by atoms with van der Waals surface area (Å²) in [5.41, 5.74) is -0.800. The van der Waals surface area contributed by atoms with E-state index in [0.29, 0.717) is 17.9 Å². The predicted molar refractivity (Wildman–Crippen MR) is 85.7 cm³/mol. The summed E-state index contributed by atoms with van der Waals surface area (Å²) in [5, 5.41) is 9.25. The topological polar surface area (TPSA) is 87.8 Å². The molecule has 124 valence electrons. The van der Waals surface area contributed by atoms with Crippen LogP contribution in [-0.4, -0.2) is 60.8 Å². The van der Waals surface area contributed by atoms with Crippen LogP contribution in [0.5, 0.6) is 0 Å². The van der Waals surface area contributed by atoms with Crippen LogP contribution < -0.4 is 0 Å². The largest absolute Gasteiger partial charge is 0.455 e. The molecule has 1 aromatic heterocycles. The van der Waals surface area contributed by atoms with Crippen LogP contribution in [0.1, 0.15) is 29.7 Å². The zero-order valence-electron chi connectivity index (χ0n) is 12.7. The van der Waals surface area contributed by atoms with Gasteiger partial charge < -0.3 is 14.4 Å². The summed E-state index contributed by atoms with van der Waals surface area (Å²) in [4.78, 5) is 14.1. The van der Waals surface area contributed by atoms with Gasteiger partial charge in [-0.05, 0) is 31.7 Å². The van der Waals surface area contributed by atoms with Crippen molar-refractivity contribution in [3.63, 3.8) is 0 Å². The molecule has 2 heterocycles. The average Bonchev–Trinajstić information content (AvgIpc) is 3.01. The lowest BCUT2D eigenvalue weighted by Gasteiger charge is -2.36. The molecular formula is C14H21NO5S2. The standard InChI is InChI=1S/C14H21NO5S2/c1-14(5-8-22(18,19)10-14)15(6-7-16)13(17)12-4-3-11(20-12)9-21-2/h3-4,16H,5-10H2,1-2H3. The van der Waals surface area contributed by atoms with E-state index in [0.717, 1.165) is 0 Å². The third kappa shape index (κ3) is 3.67. The highest BCUT2D eigenvalue weighted by Crippen LogP contribution is 2.31. The molecule has 1 aliphatic heterocycles. The van der Waals surface area contributed by atoms with Crippen molar-refractivity contribution < 1.29 is 22.7 Å². The van der Waals surface area contributed by atoms with Gasteiger partial charge in [0, 0.05) is 6.54 Å². The Hall–Kier alpha value is -0.990. The Morgan fingerprint density at radius 2 is 2.23 bits per heavy atom. The summed E-state index contributed by atoms with van der Waals surface area (Å²) in [6.07, 6.45) is 2.31. The number of rotatable bonds is 6. The molecule has 1 unspecified atom stereocenters. The van der Waals surface area contributed by atoms with Crippen LogP contribution >= 0.6 is 11.8 Å². The monoisotopic (exact) mass is 347 g/mol. The average molecular weight is 347 g/mol. The molecule has 6 nitrogen and oxygen atoms in total. The van der Waals surface area contributed by atoms with Crippen LogP contribution in [0.4, 0.5) is 0 Å². The first-order valence-electron chi connectivity index (χ1n) is 7.02. The smallest absolute Gasteiger partial charge is 0.290 e. The minimum atomic E-state index is -3.15. The molecule has 1 fully saturated rings. The highest BCUT2D eigenvalue weighted by atomic mass is 32.2. The molecule has 0 aromatic carbocycles. The molecule has 0 saturated carbocycles. The Labute approximate surface area is 134 Å². The van der Waals surface area contributed by atoms with Crippen molar-refractivity contribution in [2.75, 3.05) is 30.9 Å². The maximum absolute atomic E-state index is 12.7. The molecule has 1 saturated heterocycles. The zero-order chi connectivity index (χ0) is 16.4. The predicted octanol–water partition coefficient (Wildman–Crippen LogP) is 1.15.